The molecule has 0 unspecified atom stereocenters. The van der Waals surface area contributed by atoms with Crippen molar-refractivity contribution in [3.8, 4) is 0 Å². The maximum absolute atomic E-state index is 13.7. The first kappa shape index (κ1) is 26.8. The first-order valence-corrected chi connectivity index (χ1v) is 13.5. The monoisotopic (exact) mass is 528 g/mol. The van der Waals surface area contributed by atoms with Crippen molar-refractivity contribution in [1.82, 2.24) is 4.31 Å². The molecule has 0 aliphatic heterocycles. The summed E-state index contributed by atoms with van der Waals surface area (Å²) >= 11 is 0. The van der Waals surface area contributed by atoms with Crippen LogP contribution in [0.2, 0.25) is 0 Å². The average Bonchev–Trinajstić information content (AvgIpc) is 2.91. The lowest BCUT2D eigenvalue weighted by molar-refractivity contribution is 0.0992. The number of benzene rings is 4. The van der Waals surface area contributed by atoms with Crippen molar-refractivity contribution in [2.45, 2.75) is 31.3 Å². The molecular weight excluding hydrogens is 500 g/mol. The summed E-state index contributed by atoms with van der Waals surface area (Å²) in [5.74, 6) is -0.169. The molecule has 0 bridgehead atoms. The van der Waals surface area contributed by atoms with Crippen molar-refractivity contribution in [3.05, 3.63) is 131 Å². The fourth-order valence-electron chi connectivity index (χ4n) is 4.14. The fourth-order valence-corrected chi connectivity index (χ4v) is 5.56. The molecule has 0 aliphatic carbocycles. The van der Waals surface area contributed by atoms with Crippen LogP contribution in [0, 0.1) is 6.92 Å². The number of sulfonamides is 1. The fraction of sp³-hybridized carbons (Fsp3) is 0.133. The lowest BCUT2D eigenvalue weighted by atomic mass is 10.0. The highest BCUT2D eigenvalue weighted by Gasteiger charge is 2.25. The van der Waals surface area contributed by atoms with Crippen LogP contribution in [0.1, 0.15) is 32.6 Å². The second-order valence-corrected chi connectivity index (χ2v) is 10.9. The zero-order valence-electron chi connectivity index (χ0n) is 20.9. The maximum Gasteiger partial charge on any atom is 0.409 e. The van der Waals surface area contributed by atoms with Gasteiger partial charge < -0.3 is 5.11 Å². The van der Waals surface area contributed by atoms with Gasteiger partial charge in [-0.3, -0.25) is 10.1 Å². The number of ketones is 1. The van der Waals surface area contributed by atoms with Gasteiger partial charge in [-0.2, -0.15) is 4.31 Å². The maximum atomic E-state index is 13.7. The van der Waals surface area contributed by atoms with E-state index in [2.05, 4.69) is 5.32 Å². The van der Waals surface area contributed by atoms with E-state index in [-0.39, 0.29) is 30.2 Å². The molecule has 194 valence electrons. The normalized spacial score (nSPS) is 11.3. The first-order valence-electron chi connectivity index (χ1n) is 12.0. The van der Waals surface area contributed by atoms with Gasteiger partial charge in [0.25, 0.3) is 0 Å². The molecule has 7 nitrogen and oxygen atoms in total. The third kappa shape index (κ3) is 6.73. The highest BCUT2D eigenvalue weighted by molar-refractivity contribution is 7.89. The van der Waals surface area contributed by atoms with Crippen molar-refractivity contribution in [2.24, 2.45) is 0 Å². The molecule has 8 heteroatoms. The summed E-state index contributed by atoms with van der Waals surface area (Å²) in [5, 5.41) is 11.2. The molecule has 0 aliphatic rings. The number of hydrogen-bond acceptors (Lipinski definition) is 4. The predicted octanol–water partition coefficient (Wildman–Crippen LogP) is 5.90. The van der Waals surface area contributed by atoms with E-state index in [1.54, 1.807) is 25.1 Å². The highest BCUT2D eigenvalue weighted by Crippen LogP contribution is 2.23. The summed E-state index contributed by atoms with van der Waals surface area (Å²) in [5.41, 5.74) is 4.04. The summed E-state index contributed by atoms with van der Waals surface area (Å²) in [4.78, 5) is 23.9. The summed E-state index contributed by atoms with van der Waals surface area (Å²) < 4.78 is 28.7. The summed E-state index contributed by atoms with van der Waals surface area (Å²) in [7, 11) is -3.85. The lowest BCUT2D eigenvalue weighted by Crippen LogP contribution is -2.30. The molecule has 0 aromatic heterocycles. The number of Topliss-reactive ketones (excluding diaryl/α,β-unsaturated/α-hetero) is 1. The lowest BCUT2D eigenvalue weighted by Gasteiger charge is -2.23. The molecule has 0 atom stereocenters. The quantitative estimate of drug-likeness (QED) is 0.249. The molecule has 2 N–H and O–H groups in total. The van der Waals surface area contributed by atoms with Gasteiger partial charge in [-0.25, -0.2) is 13.2 Å². The van der Waals surface area contributed by atoms with E-state index in [9.17, 15) is 18.0 Å². The zero-order chi connectivity index (χ0) is 27.1. The van der Waals surface area contributed by atoms with Gasteiger partial charge in [0.2, 0.25) is 10.0 Å². The van der Waals surface area contributed by atoms with Crippen LogP contribution in [-0.2, 0) is 29.5 Å². The Morgan fingerprint density at radius 1 is 0.763 bits per heavy atom. The van der Waals surface area contributed by atoms with Crippen molar-refractivity contribution in [2.75, 3.05) is 5.32 Å². The number of nitrogens with one attached hydrogen (secondary N) is 1. The predicted molar refractivity (Wildman–Crippen MR) is 147 cm³/mol. The van der Waals surface area contributed by atoms with E-state index in [1.165, 1.54) is 28.6 Å². The summed E-state index contributed by atoms with van der Waals surface area (Å²) in [6.07, 6.45) is -1.05. The molecular formula is C30H28N2O5S. The first-order chi connectivity index (χ1) is 18.2. The van der Waals surface area contributed by atoms with Crippen LogP contribution in [0.15, 0.2) is 108 Å². The zero-order valence-corrected chi connectivity index (χ0v) is 21.7. The van der Waals surface area contributed by atoms with Crippen molar-refractivity contribution >= 4 is 27.6 Å². The Balaban J connectivity index is 1.53. The molecule has 0 saturated carbocycles. The smallest absolute Gasteiger partial charge is 0.409 e. The Morgan fingerprint density at radius 2 is 1.32 bits per heavy atom. The van der Waals surface area contributed by atoms with Gasteiger partial charge in [0, 0.05) is 30.8 Å². The Morgan fingerprint density at radius 3 is 1.82 bits per heavy atom. The largest absolute Gasteiger partial charge is 0.465 e. The van der Waals surface area contributed by atoms with Crippen LogP contribution >= 0.6 is 0 Å². The van der Waals surface area contributed by atoms with Crippen LogP contribution in [0.3, 0.4) is 0 Å². The molecule has 0 spiro atoms. The van der Waals surface area contributed by atoms with E-state index >= 15 is 0 Å². The molecule has 0 saturated heterocycles. The number of amides is 1. The highest BCUT2D eigenvalue weighted by atomic mass is 32.2. The number of carbonyl (C=O) groups is 2. The number of aryl methyl sites for hydroxylation is 1. The van der Waals surface area contributed by atoms with Crippen LogP contribution in [0.4, 0.5) is 10.5 Å². The minimum atomic E-state index is -3.85. The number of carbonyl (C=O) groups excluding carboxylic acids is 1. The van der Waals surface area contributed by atoms with E-state index < -0.39 is 16.1 Å². The Bertz CT molecular complexity index is 1480. The van der Waals surface area contributed by atoms with Gasteiger partial charge in [-0.1, -0.05) is 84.9 Å². The molecule has 1 amide bonds. The van der Waals surface area contributed by atoms with E-state index in [4.69, 9.17) is 5.11 Å². The Hall–Kier alpha value is -4.27. The molecule has 4 rings (SSSR count). The van der Waals surface area contributed by atoms with Crippen LogP contribution < -0.4 is 5.32 Å². The standard InChI is InChI=1S/C30H28N2O5S/c1-22-18-25(12-17-28(22)31-30(34)35)19-29(33)26-13-15-27(16-14-26)38(36,37)32(20-23-8-4-2-5-9-23)21-24-10-6-3-7-11-24/h2-18,31H,19-21H2,1H3,(H,34,35). The summed E-state index contributed by atoms with van der Waals surface area (Å²) in [6, 6.07) is 29.9. The minimum absolute atomic E-state index is 0.106. The molecule has 4 aromatic rings. The molecule has 4 aromatic carbocycles. The molecule has 0 radical (unpaired) electrons. The van der Waals surface area contributed by atoms with Gasteiger partial charge >= 0.3 is 6.09 Å². The Kier molecular flexibility index (Phi) is 8.35. The average molecular weight is 529 g/mol. The topological polar surface area (TPSA) is 104 Å². The second-order valence-electron chi connectivity index (χ2n) is 8.95. The number of hydrogen-bond donors (Lipinski definition) is 2. The Labute approximate surface area is 222 Å². The summed E-state index contributed by atoms with van der Waals surface area (Å²) in [6.45, 7) is 2.19. The molecule has 0 fully saturated rings. The second kappa shape index (κ2) is 11.9. The van der Waals surface area contributed by atoms with Crippen molar-refractivity contribution in [3.63, 3.8) is 0 Å². The van der Waals surface area contributed by atoms with Crippen LogP contribution in [-0.4, -0.2) is 29.7 Å². The number of carboxylic acid groups (broad SMARTS) is 1. The van der Waals surface area contributed by atoms with E-state index in [1.807, 2.05) is 60.7 Å². The third-order valence-corrected chi connectivity index (χ3v) is 7.92. The number of nitrogens with zero attached hydrogens (tertiary/aromatic N) is 1. The van der Waals surface area contributed by atoms with Gasteiger partial charge in [0.1, 0.15) is 0 Å². The van der Waals surface area contributed by atoms with Gasteiger partial charge in [0.05, 0.1) is 4.90 Å². The van der Waals surface area contributed by atoms with Crippen LogP contribution in [0.25, 0.3) is 0 Å². The number of rotatable bonds is 10. The third-order valence-electron chi connectivity index (χ3n) is 6.11. The van der Waals surface area contributed by atoms with Gasteiger partial charge in [-0.15, -0.1) is 0 Å². The molecule has 38 heavy (non-hydrogen) atoms. The van der Waals surface area contributed by atoms with E-state index in [0.717, 1.165) is 16.7 Å². The van der Waals surface area contributed by atoms with Crippen LogP contribution in [0.5, 0.6) is 0 Å². The van der Waals surface area contributed by atoms with Crippen molar-refractivity contribution in [1.29, 1.82) is 0 Å². The van der Waals surface area contributed by atoms with Crippen molar-refractivity contribution < 1.29 is 23.1 Å². The number of anilines is 1. The SMILES string of the molecule is Cc1cc(CC(=O)c2ccc(S(=O)(=O)N(Cc3ccccc3)Cc3ccccc3)cc2)ccc1NC(=O)O. The van der Waals surface area contributed by atoms with E-state index in [0.29, 0.717) is 16.8 Å². The minimum Gasteiger partial charge on any atom is -0.465 e. The molecule has 0 heterocycles. The van der Waals surface area contributed by atoms with Gasteiger partial charge in [-0.05, 0) is 47.4 Å². The van der Waals surface area contributed by atoms with Gasteiger partial charge in [0.15, 0.2) is 5.78 Å².